The second-order valence-corrected chi connectivity index (χ2v) is 3.29. The van der Waals surface area contributed by atoms with Crippen molar-refractivity contribution in [2.45, 2.75) is 19.3 Å². The molecule has 0 N–H and O–H groups in total. The molecular weight excluding hydrogens is 164 g/mol. The summed E-state index contributed by atoms with van der Waals surface area (Å²) in [4.78, 5) is 11.0. The standard InChI is InChI=1S/C8H11ClO2/c1-6(9)5-11-8(10)7-3-2-4-7/h7H,1-5H2. The molecule has 0 amide bonds. The van der Waals surface area contributed by atoms with Gasteiger partial charge in [-0.3, -0.25) is 4.79 Å². The first-order chi connectivity index (χ1) is 5.20. The van der Waals surface area contributed by atoms with Crippen molar-refractivity contribution in [1.82, 2.24) is 0 Å². The van der Waals surface area contributed by atoms with Gasteiger partial charge in [0.25, 0.3) is 0 Å². The fourth-order valence-electron chi connectivity index (χ4n) is 0.911. The fourth-order valence-corrected chi connectivity index (χ4v) is 0.966. The van der Waals surface area contributed by atoms with Crippen LogP contribution in [-0.4, -0.2) is 12.6 Å². The summed E-state index contributed by atoms with van der Waals surface area (Å²) in [6.45, 7) is 3.57. The first-order valence-corrected chi connectivity index (χ1v) is 4.08. The van der Waals surface area contributed by atoms with E-state index in [0.717, 1.165) is 19.3 Å². The predicted octanol–water partition coefficient (Wildman–Crippen LogP) is 2.08. The lowest BCUT2D eigenvalue weighted by molar-refractivity contribution is -0.150. The second-order valence-electron chi connectivity index (χ2n) is 2.75. The quantitative estimate of drug-likeness (QED) is 0.613. The van der Waals surface area contributed by atoms with Crippen LogP contribution in [0.3, 0.4) is 0 Å². The maximum Gasteiger partial charge on any atom is 0.309 e. The zero-order valence-corrected chi connectivity index (χ0v) is 7.06. The van der Waals surface area contributed by atoms with Crippen molar-refractivity contribution in [3.8, 4) is 0 Å². The molecule has 0 aromatic heterocycles. The van der Waals surface area contributed by atoms with Crippen LogP contribution in [0.4, 0.5) is 0 Å². The van der Waals surface area contributed by atoms with Gasteiger partial charge in [0.2, 0.25) is 0 Å². The van der Waals surface area contributed by atoms with Gasteiger partial charge in [0.05, 0.1) is 5.92 Å². The smallest absolute Gasteiger partial charge is 0.309 e. The van der Waals surface area contributed by atoms with Gasteiger partial charge in [0.1, 0.15) is 6.61 Å². The fraction of sp³-hybridized carbons (Fsp3) is 0.625. The summed E-state index contributed by atoms with van der Waals surface area (Å²) in [7, 11) is 0. The van der Waals surface area contributed by atoms with E-state index in [0.29, 0.717) is 5.03 Å². The second kappa shape index (κ2) is 3.77. The minimum Gasteiger partial charge on any atom is -0.460 e. The number of halogens is 1. The number of esters is 1. The summed E-state index contributed by atoms with van der Waals surface area (Å²) in [5.41, 5.74) is 0. The Hall–Kier alpha value is -0.500. The first-order valence-electron chi connectivity index (χ1n) is 3.70. The van der Waals surface area contributed by atoms with Gasteiger partial charge in [-0.15, -0.1) is 0 Å². The highest BCUT2D eigenvalue weighted by molar-refractivity contribution is 6.29. The summed E-state index contributed by atoms with van der Waals surface area (Å²) in [6, 6.07) is 0. The van der Waals surface area contributed by atoms with E-state index in [1.807, 2.05) is 0 Å². The van der Waals surface area contributed by atoms with Crippen molar-refractivity contribution in [2.75, 3.05) is 6.61 Å². The molecule has 0 saturated heterocycles. The van der Waals surface area contributed by atoms with Crippen molar-refractivity contribution >= 4 is 17.6 Å². The van der Waals surface area contributed by atoms with Crippen LogP contribution in [0.2, 0.25) is 0 Å². The summed E-state index contributed by atoms with van der Waals surface area (Å²) in [5.74, 6) is 0.00377. The van der Waals surface area contributed by atoms with Crippen LogP contribution in [0.5, 0.6) is 0 Å². The number of rotatable bonds is 3. The van der Waals surface area contributed by atoms with Crippen molar-refractivity contribution in [1.29, 1.82) is 0 Å². The molecule has 1 saturated carbocycles. The Balaban J connectivity index is 2.15. The Morgan fingerprint density at radius 1 is 1.64 bits per heavy atom. The molecule has 0 heterocycles. The molecule has 11 heavy (non-hydrogen) atoms. The van der Waals surface area contributed by atoms with Crippen molar-refractivity contribution in [3.05, 3.63) is 11.6 Å². The van der Waals surface area contributed by atoms with Gasteiger partial charge in [-0.25, -0.2) is 0 Å². The minimum absolute atomic E-state index is 0.127. The van der Waals surface area contributed by atoms with Gasteiger partial charge in [-0.05, 0) is 12.8 Å². The zero-order valence-electron chi connectivity index (χ0n) is 6.31. The lowest BCUT2D eigenvalue weighted by Crippen LogP contribution is -2.24. The molecule has 0 bridgehead atoms. The minimum atomic E-state index is -0.127. The summed E-state index contributed by atoms with van der Waals surface area (Å²) in [5, 5.41) is 0.373. The summed E-state index contributed by atoms with van der Waals surface area (Å²) in [6.07, 6.45) is 3.07. The Morgan fingerprint density at radius 2 is 2.27 bits per heavy atom. The van der Waals surface area contributed by atoms with Gasteiger partial charge in [0.15, 0.2) is 0 Å². The van der Waals surface area contributed by atoms with Crippen LogP contribution in [-0.2, 0) is 9.53 Å². The van der Waals surface area contributed by atoms with Crippen molar-refractivity contribution < 1.29 is 9.53 Å². The average molecular weight is 175 g/mol. The SMILES string of the molecule is C=C(Cl)COC(=O)C1CCC1. The average Bonchev–Trinajstić information content (AvgIpc) is 1.79. The van der Waals surface area contributed by atoms with E-state index >= 15 is 0 Å². The number of hydrogen-bond donors (Lipinski definition) is 0. The van der Waals surface area contributed by atoms with E-state index in [-0.39, 0.29) is 18.5 Å². The highest BCUT2D eigenvalue weighted by atomic mass is 35.5. The third kappa shape index (κ3) is 2.54. The third-order valence-electron chi connectivity index (χ3n) is 1.81. The molecule has 0 aliphatic heterocycles. The molecule has 3 heteroatoms. The molecule has 0 aromatic rings. The largest absolute Gasteiger partial charge is 0.460 e. The van der Waals surface area contributed by atoms with Crippen LogP contribution < -0.4 is 0 Å². The van der Waals surface area contributed by atoms with E-state index in [1.165, 1.54) is 0 Å². The summed E-state index contributed by atoms with van der Waals surface area (Å²) < 4.78 is 4.84. The van der Waals surface area contributed by atoms with Gasteiger partial charge in [-0.2, -0.15) is 0 Å². The number of carbonyl (C=O) groups excluding carboxylic acids is 1. The Labute approximate surface area is 71.2 Å². The molecule has 62 valence electrons. The molecule has 1 rings (SSSR count). The van der Waals surface area contributed by atoms with Gasteiger partial charge in [-0.1, -0.05) is 24.6 Å². The molecule has 2 nitrogen and oxygen atoms in total. The molecule has 1 aliphatic carbocycles. The number of ether oxygens (including phenoxy) is 1. The Morgan fingerprint density at radius 3 is 2.64 bits per heavy atom. The van der Waals surface area contributed by atoms with Crippen LogP contribution >= 0.6 is 11.6 Å². The van der Waals surface area contributed by atoms with Gasteiger partial charge >= 0.3 is 5.97 Å². The molecule has 0 unspecified atom stereocenters. The lowest BCUT2D eigenvalue weighted by atomic mass is 9.86. The molecular formula is C8H11ClO2. The van der Waals surface area contributed by atoms with Gasteiger partial charge < -0.3 is 4.74 Å². The Bertz CT molecular complexity index is 173. The molecule has 1 aliphatic rings. The molecule has 1 fully saturated rings. The van der Waals surface area contributed by atoms with Crippen LogP contribution in [0, 0.1) is 5.92 Å². The highest BCUT2D eigenvalue weighted by Crippen LogP contribution is 2.27. The van der Waals surface area contributed by atoms with Crippen LogP contribution in [0.25, 0.3) is 0 Å². The molecule has 0 atom stereocenters. The maximum absolute atomic E-state index is 11.0. The number of carbonyl (C=O) groups is 1. The lowest BCUT2D eigenvalue weighted by Gasteiger charge is -2.22. The number of hydrogen-bond acceptors (Lipinski definition) is 2. The topological polar surface area (TPSA) is 26.3 Å². The molecule has 0 radical (unpaired) electrons. The van der Waals surface area contributed by atoms with E-state index < -0.39 is 0 Å². The van der Waals surface area contributed by atoms with Gasteiger partial charge in [0, 0.05) is 5.03 Å². The van der Waals surface area contributed by atoms with Crippen LogP contribution in [0.15, 0.2) is 11.6 Å². The maximum atomic E-state index is 11.0. The summed E-state index contributed by atoms with van der Waals surface area (Å²) >= 11 is 5.42. The zero-order chi connectivity index (χ0) is 8.27. The van der Waals surface area contributed by atoms with E-state index in [9.17, 15) is 4.79 Å². The van der Waals surface area contributed by atoms with E-state index in [2.05, 4.69) is 6.58 Å². The normalized spacial score (nSPS) is 17.2. The highest BCUT2D eigenvalue weighted by Gasteiger charge is 2.26. The first kappa shape index (κ1) is 8.60. The van der Waals surface area contributed by atoms with Crippen molar-refractivity contribution in [2.24, 2.45) is 5.92 Å². The molecule has 0 spiro atoms. The Kier molecular flexibility index (Phi) is 2.94. The molecule has 0 aromatic carbocycles. The van der Waals surface area contributed by atoms with Crippen LogP contribution in [0.1, 0.15) is 19.3 Å². The monoisotopic (exact) mass is 174 g/mol. The van der Waals surface area contributed by atoms with Crippen molar-refractivity contribution in [3.63, 3.8) is 0 Å². The van der Waals surface area contributed by atoms with E-state index in [1.54, 1.807) is 0 Å². The van der Waals surface area contributed by atoms with E-state index in [4.69, 9.17) is 16.3 Å². The third-order valence-corrected chi connectivity index (χ3v) is 1.92. The predicted molar refractivity (Wildman–Crippen MR) is 43.3 cm³/mol.